The van der Waals surface area contributed by atoms with E-state index in [0.29, 0.717) is 17.1 Å². The Hall–Kier alpha value is -2.82. The van der Waals surface area contributed by atoms with E-state index in [2.05, 4.69) is 26.7 Å². The van der Waals surface area contributed by atoms with Gasteiger partial charge in [-0.3, -0.25) is 0 Å². The molecule has 2 aromatic rings. The van der Waals surface area contributed by atoms with Crippen molar-refractivity contribution in [3.8, 4) is 17.1 Å². The predicted molar refractivity (Wildman–Crippen MR) is 84.6 cm³/mol. The molecular formula is C16H16N4O. The van der Waals surface area contributed by atoms with Crippen molar-refractivity contribution in [1.82, 2.24) is 9.97 Å². The van der Waals surface area contributed by atoms with Crippen LogP contribution in [-0.4, -0.2) is 26.5 Å². The fourth-order valence-electron chi connectivity index (χ4n) is 1.69. The molecule has 2 rings (SSSR count). The van der Waals surface area contributed by atoms with Gasteiger partial charge < -0.3 is 5.11 Å². The molecule has 0 saturated carbocycles. The molecule has 0 atom stereocenters. The topological polar surface area (TPSA) is 70.7 Å². The molecule has 0 radical (unpaired) electrons. The van der Waals surface area contributed by atoms with E-state index >= 15 is 0 Å². The summed E-state index contributed by atoms with van der Waals surface area (Å²) in [7, 11) is 0. The summed E-state index contributed by atoms with van der Waals surface area (Å²) in [6, 6.07) is 6.92. The van der Waals surface area contributed by atoms with Gasteiger partial charge in [0.05, 0.1) is 5.71 Å². The van der Waals surface area contributed by atoms with Crippen molar-refractivity contribution in [1.29, 1.82) is 0 Å². The number of hydrogen-bond donors (Lipinski definition) is 1. The number of benzene rings is 1. The molecule has 0 aliphatic rings. The zero-order valence-corrected chi connectivity index (χ0v) is 12.0. The van der Waals surface area contributed by atoms with E-state index in [9.17, 15) is 5.11 Å². The Balaban J connectivity index is 2.42. The summed E-state index contributed by atoms with van der Waals surface area (Å²) in [5.41, 5.74) is 2.63. The maximum atomic E-state index is 10.2. The Kier molecular flexibility index (Phi) is 4.56. The van der Waals surface area contributed by atoms with Gasteiger partial charge in [0.25, 0.3) is 0 Å². The molecule has 0 fully saturated rings. The first-order valence-electron chi connectivity index (χ1n) is 6.44. The Morgan fingerprint density at radius 1 is 1.19 bits per heavy atom. The second kappa shape index (κ2) is 6.56. The molecule has 5 nitrogen and oxygen atoms in total. The van der Waals surface area contributed by atoms with Crippen molar-refractivity contribution >= 4 is 11.4 Å². The minimum atomic E-state index is 0.0857. The summed E-state index contributed by atoms with van der Waals surface area (Å²) in [4.78, 5) is 8.30. The van der Waals surface area contributed by atoms with Crippen molar-refractivity contribution in [3.63, 3.8) is 0 Å². The first kappa shape index (κ1) is 14.6. The van der Waals surface area contributed by atoms with E-state index in [4.69, 9.17) is 0 Å². The highest BCUT2D eigenvalue weighted by Crippen LogP contribution is 2.25. The third-order valence-corrected chi connectivity index (χ3v) is 2.65. The van der Waals surface area contributed by atoms with Gasteiger partial charge in [-0.1, -0.05) is 12.6 Å². The molecule has 1 heterocycles. The highest BCUT2D eigenvalue weighted by Gasteiger charge is 2.09. The molecule has 0 bridgehead atoms. The van der Waals surface area contributed by atoms with Crippen LogP contribution in [0.4, 0.5) is 0 Å². The maximum Gasteiger partial charge on any atom is 0.159 e. The van der Waals surface area contributed by atoms with Gasteiger partial charge in [0.1, 0.15) is 5.75 Å². The van der Waals surface area contributed by atoms with Gasteiger partial charge in [0.15, 0.2) is 5.82 Å². The summed E-state index contributed by atoms with van der Waals surface area (Å²) in [6.45, 7) is 7.40. The van der Waals surface area contributed by atoms with Crippen LogP contribution in [0, 0.1) is 0 Å². The van der Waals surface area contributed by atoms with E-state index in [1.807, 2.05) is 19.9 Å². The second-order valence-corrected chi connectivity index (χ2v) is 4.54. The van der Waals surface area contributed by atoms with Crippen LogP contribution in [0.25, 0.3) is 11.4 Å². The van der Waals surface area contributed by atoms with Crippen LogP contribution in [0.5, 0.6) is 5.75 Å². The largest absolute Gasteiger partial charge is 0.507 e. The standard InChI is InChI=1S/C16H16N4O/c1-4-14(20-19-11(2)3)13-7-6-12(10-15(13)21)16-17-8-5-9-18-16/h4-10,21H,1H2,2-3H3/b20-14+. The van der Waals surface area contributed by atoms with E-state index in [0.717, 1.165) is 11.3 Å². The summed E-state index contributed by atoms with van der Waals surface area (Å²) in [6.07, 6.45) is 4.87. The number of nitrogens with zero attached hydrogens (tertiary/aromatic N) is 4. The second-order valence-electron chi connectivity index (χ2n) is 4.54. The van der Waals surface area contributed by atoms with Gasteiger partial charge in [-0.25, -0.2) is 9.97 Å². The number of aromatic hydroxyl groups is 1. The molecule has 106 valence electrons. The molecule has 1 aromatic heterocycles. The Morgan fingerprint density at radius 2 is 1.90 bits per heavy atom. The summed E-state index contributed by atoms with van der Waals surface area (Å²) >= 11 is 0. The lowest BCUT2D eigenvalue weighted by Crippen LogP contribution is -1.98. The molecule has 0 saturated heterocycles. The molecule has 5 heteroatoms. The maximum absolute atomic E-state index is 10.2. The Bertz CT molecular complexity index is 701. The zero-order valence-electron chi connectivity index (χ0n) is 12.0. The highest BCUT2D eigenvalue weighted by molar-refractivity contribution is 6.10. The lowest BCUT2D eigenvalue weighted by Gasteiger charge is -2.06. The first-order valence-corrected chi connectivity index (χ1v) is 6.44. The number of phenols is 1. The molecule has 0 unspecified atom stereocenters. The van der Waals surface area contributed by atoms with E-state index in [1.165, 1.54) is 0 Å². The van der Waals surface area contributed by atoms with E-state index in [-0.39, 0.29) is 5.75 Å². The fourth-order valence-corrected chi connectivity index (χ4v) is 1.69. The van der Waals surface area contributed by atoms with Gasteiger partial charge >= 0.3 is 0 Å². The van der Waals surface area contributed by atoms with Crippen molar-refractivity contribution in [2.45, 2.75) is 13.8 Å². The molecule has 21 heavy (non-hydrogen) atoms. The van der Waals surface area contributed by atoms with Crippen LogP contribution in [0.15, 0.2) is 59.5 Å². The number of phenolic OH excluding ortho intramolecular Hbond substituents is 1. The Morgan fingerprint density at radius 3 is 2.48 bits per heavy atom. The van der Waals surface area contributed by atoms with Gasteiger partial charge in [-0.2, -0.15) is 10.2 Å². The van der Waals surface area contributed by atoms with Gasteiger partial charge in [-0.05, 0) is 38.1 Å². The molecular weight excluding hydrogens is 264 g/mol. The van der Waals surface area contributed by atoms with Gasteiger partial charge in [0.2, 0.25) is 0 Å². The SMILES string of the molecule is C=C/C(=N\N=C(C)C)c1ccc(-c2ncccn2)cc1O. The van der Waals surface area contributed by atoms with Crippen molar-refractivity contribution < 1.29 is 5.11 Å². The van der Waals surface area contributed by atoms with Crippen molar-refractivity contribution in [2.75, 3.05) is 0 Å². The third kappa shape index (κ3) is 3.60. The lowest BCUT2D eigenvalue weighted by atomic mass is 10.1. The molecule has 0 aliphatic heterocycles. The average molecular weight is 280 g/mol. The molecule has 0 amide bonds. The quantitative estimate of drug-likeness (QED) is 0.690. The smallest absolute Gasteiger partial charge is 0.159 e. The van der Waals surface area contributed by atoms with Crippen LogP contribution in [-0.2, 0) is 0 Å². The van der Waals surface area contributed by atoms with Crippen LogP contribution in [0.3, 0.4) is 0 Å². The predicted octanol–water partition coefficient (Wildman–Crippen LogP) is 3.22. The minimum Gasteiger partial charge on any atom is -0.507 e. The molecule has 0 aliphatic carbocycles. The number of allylic oxidation sites excluding steroid dienone is 1. The minimum absolute atomic E-state index is 0.0857. The third-order valence-electron chi connectivity index (χ3n) is 2.65. The number of rotatable bonds is 4. The first-order chi connectivity index (χ1) is 10.1. The summed E-state index contributed by atoms with van der Waals surface area (Å²) < 4.78 is 0. The average Bonchev–Trinajstić information content (AvgIpc) is 2.49. The Labute approximate surface area is 123 Å². The lowest BCUT2D eigenvalue weighted by molar-refractivity contribution is 0.474. The zero-order chi connectivity index (χ0) is 15.2. The normalized spacial score (nSPS) is 11.0. The monoisotopic (exact) mass is 280 g/mol. The van der Waals surface area contributed by atoms with Crippen LogP contribution < -0.4 is 0 Å². The van der Waals surface area contributed by atoms with Crippen molar-refractivity contribution in [2.24, 2.45) is 10.2 Å². The highest BCUT2D eigenvalue weighted by atomic mass is 16.3. The number of hydrogen-bond acceptors (Lipinski definition) is 5. The van der Waals surface area contributed by atoms with E-state index in [1.54, 1.807) is 36.7 Å². The molecule has 1 N–H and O–H groups in total. The van der Waals surface area contributed by atoms with Gasteiger partial charge in [-0.15, -0.1) is 0 Å². The number of aromatic nitrogens is 2. The van der Waals surface area contributed by atoms with E-state index < -0.39 is 0 Å². The van der Waals surface area contributed by atoms with Crippen LogP contribution in [0.2, 0.25) is 0 Å². The van der Waals surface area contributed by atoms with Crippen LogP contribution in [0.1, 0.15) is 19.4 Å². The van der Waals surface area contributed by atoms with Crippen LogP contribution >= 0.6 is 0 Å². The van der Waals surface area contributed by atoms with Gasteiger partial charge in [0, 0.05) is 29.2 Å². The fraction of sp³-hybridized carbons (Fsp3) is 0.125. The molecule has 1 aromatic carbocycles. The summed E-state index contributed by atoms with van der Waals surface area (Å²) in [5, 5.41) is 18.2. The molecule has 0 spiro atoms. The summed E-state index contributed by atoms with van der Waals surface area (Å²) in [5.74, 6) is 0.640. The van der Waals surface area contributed by atoms with Crippen molar-refractivity contribution in [3.05, 3.63) is 54.9 Å².